The minimum atomic E-state index is -0.251. The van der Waals surface area contributed by atoms with Gasteiger partial charge in [0.25, 0.3) is 5.91 Å². The summed E-state index contributed by atoms with van der Waals surface area (Å²) in [6.45, 7) is 0.569. The van der Waals surface area contributed by atoms with E-state index in [1.807, 2.05) is 6.20 Å². The van der Waals surface area contributed by atoms with Crippen molar-refractivity contribution in [1.82, 2.24) is 10.4 Å². The third-order valence-electron chi connectivity index (χ3n) is 4.95. The molecule has 142 valence electrons. The first-order valence-electron chi connectivity index (χ1n) is 8.99. The second-order valence-corrected chi connectivity index (χ2v) is 7.26. The minimum absolute atomic E-state index is 0.0257. The summed E-state index contributed by atoms with van der Waals surface area (Å²) in [6.07, 6.45) is 7.92. The fourth-order valence-corrected chi connectivity index (χ4v) is 3.70. The van der Waals surface area contributed by atoms with Crippen LogP contribution in [0.3, 0.4) is 0 Å². The van der Waals surface area contributed by atoms with Gasteiger partial charge in [0, 0.05) is 30.6 Å². The zero-order chi connectivity index (χ0) is 18.8. The van der Waals surface area contributed by atoms with Crippen LogP contribution in [0.25, 0.3) is 0 Å². The van der Waals surface area contributed by atoms with E-state index in [4.69, 9.17) is 16.3 Å². The SMILES string of the molecule is O=C(Nc1cc(Cl)ccc1OC1CCC(CO)C1)C1=C2N=CC=CN2NC1. The third kappa shape index (κ3) is 3.85. The number of aliphatic imine (C=N–C) groups is 1. The standard InChI is InChI=1S/C19H21ClN4O3/c20-13-3-5-17(27-14-4-2-12(8-14)11-25)16(9-13)23-19(26)15-10-22-24-7-1-6-21-18(15)24/h1,3,5-7,9,12,14,22,25H,2,4,8,10-11H2,(H,23,26). The first kappa shape index (κ1) is 18.0. The van der Waals surface area contributed by atoms with Crippen molar-refractivity contribution in [1.29, 1.82) is 0 Å². The Kier molecular flexibility index (Phi) is 5.15. The fraction of sp³-hybridized carbons (Fsp3) is 0.368. The molecular formula is C19H21ClN4O3. The van der Waals surface area contributed by atoms with Crippen LogP contribution in [0.15, 0.2) is 46.9 Å². The first-order chi connectivity index (χ1) is 13.1. The summed E-state index contributed by atoms with van der Waals surface area (Å²) in [4.78, 5) is 17.1. The van der Waals surface area contributed by atoms with Gasteiger partial charge >= 0.3 is 0 Å². The molecule has 1 aliphatic carbocycles. The summed E-state index contributed by atoms with van der Waals surface area (Å²) in [5.74, 6) is 1.19. The lowest BCUT2D eigenvalue weighted by Crippen LogP contribution is -2.27. The number of amides is 1. The molecule has 1 fully saturated rings. The van der Waals surface area contributed by atoms with Crippen molar-refractivity contribution in [3.05, 3.63) is 46.9 Å². The van der Waals surface area contributed by atoms with Gasteiger partial charge in [-0.1, -0.05) is 11.6 Å². The number of benzene rings is 1. The van der Waals surface area contributed by atoms with E-state index < -0.39 is 0 Å². The molecular weight excluding hydrogens is 368 g/mol. The van der Waals surface area contributed by atoms with Gasteiger partial charge in [-0.25, -0.2) is 10.4 Å². The molecule has 3 aliphatic rings. The summed E-state index contributed by atoms with van der Waals surface area (Å²) in [7, 11) is 0. The molecule has 4 rings (SSSR count). The average Bonchev–Trinajstić information content (AvgIpc) is 3.30. The normalized spacial score (nSPS) is 23.7. The van der Waals surface area contributed by atoms with E-state index in [1.165, 1.54) is 0 Å². The van der Waals surface area contributed by atoms with Crippen LogP contribution in [0.1, 0.15) is 19.3 Å². The summed E-state index contributed by atoms with van der Waals surface area (Å²) < 4.78 is 6.10. The second kappa shape index (κ2) is 7.72. The van der Waals surface area contributed by atoms with Gasteiger partial charge in [0.2, 0.25) is 0 Å². The number of ether oxygens (including phenoxy) is 1. The van der Waals surface area contributed by atoms with Gasteiger partial charge in [-0.3, -0.25) is 9.80 Å². The number of allylic oxidation sites excluding steroid dienone is 1. The molecule has 2 unspecified atom stereocenters. The molecule has 3 N–H and O–H groups in total. The van der Waals surface area contributed by atoms with Crippen molar-refractivity contribution in [3.63, 3.8) is 0 Å². The van der Waals surface area contributed by atoms with Crippen LogP contribution in [0, 0.1) is 5.92 Å². The summed E-state index contributed by atoms with van der Waals surface area (Å²) in [5.41, 5.74) is 4.16. The molecule has 0 bridgehead atoms. The van der Waals surface area contributed by atoms with Crippen molar-refractivity contribution in [2.45, 2.75) is 25.4 Å². The van der Waals surface area contributed by atoms with Crippen molar-refractivity contribution in [2.24, 2.45) is 10.9 Å². The predicted molar refractivity (Wildman–Crippen MR) is 103 cm³/mol. The third-order valence-corrected chi connectivity index (χ3v) is 5.19. The molecule has 8 heteroatoms. The summed E-state index contributed by atoms with van der Waals surface area (Å²) in [6, 6.07) is 5.19. The molecule has 2 atom stereocenters. The van der Waals surface area contributed by atoms with Crippen LogP contribution in [-0.4, -0.2) is 41.5 Å². The molecule has 1 aromatic rings. The Balaban J connectivity index is 1.52. The smallest absolute Gasteiger partial charge is 0.256 e. The van der Waals surface area contributed by atoms with Gasteiger partial charge in [-0.05, 0) is 49.5 Å². The highest BCUT2D eigenvalue weighted by molar-refractivity contribution is 6.31. The molecule has 1 aromatic carbocycles. The Morgan fingerprint density at radius 1 is 1.44 bits per heavy atom. The number of halogens is 1. The molecule has 2 aliphatic heterocycles. The molecule has 0 saturated heterocycles. The fourth-order valence-electron chi connectivity index (χ4n) is 3.53. The van der Waals surface area contributed by atoms with Crippen molar-refractivity contribution in [2.75, 3.05) is 18.5 Å². The zero-order valence-electron chi connectivity index (χ0n) is 14.7. The molecule has 0 spiro atoms. The maximum absolute atomic E-state index is 12.8. The molecule has 0 radical (unpaired) electrons. The number of aliphatic hydroxyl groups excluding tert-OH is 1. The highest BCUT2D eigenvalue weighted by atomic mass is 35.5. The van der Waals surface area contributed by atoms with E-state index in [-0.39, 0.29) is 24.5 Å². The average molecular weight is 389 g/mol. The molecule has 7 nitrogen and oxygen atoms in total. The minimum Gasteiger partial charge on any atom is -0.488 e. The highest BCUT2D eigenvalue weighted by Gasteiger charge is 2.28. The van der Waals surface area contributed by atoms with E-state index >= 15 is 0 Å². The van der Waals surface area contributed by atoms with Gasteiger partial charge in [0.15, 0.2) is 5.82 Å². The zero-order valence-corrected chi connectivity index (χ0v) is 15.4. The van der Waals surface area contributed by atoms with Gasteiger partial charge in [0.05, 0.1) is 17.4 Å². The summed E-state index contributed by atoms with van der Waals surface area (Å²) >= 11 is 6.13. The Morgan fingerprint density at radius 3 is 3.15 bits per heavy atom. The van der Waals surface area contributed by atoms with Gasteiger partial charge in [-0.2, -0.15) is 0 Å². The molecule has 1 saturated carbocycles. The van der Waals surface area contributed by atoms with E-state index in [0.717, 1.165) is 19.3 Å². The lowest BCUT2D eigenvalue weighted by atomic mass is 10.1. The van der Waals surface area contributed by atoms with E-state index in [9.17, 15) is 9.90 Å². The van der Waals surface area contributed by atoms with Gasteiger partial charge in [-0.15, -0.1) is 0 Å². The quantitative estimate of drug-likeness (QED) is 0.721. The monoisotopic (exact) mass is 388 g/mol. The number of hydrazine groups is 1. The Hall–Kier alpha value is -2.35. The lowest BCUT2D eigenvalue weighted by molar-refractivity contribution is -0.112. The number of nitrogens with zero attached hydrogens (tertiary/aromatic N) is 2. The maximum Gasteiger partial charge on any atom is 0.256 e. The van der Waals surface area contributed by atoms with Crippen LogP contribution in [0.2, 0.25) is 5.02 Å². The molecule has 27 heavy (non-hydrogen) atoms. The van der Waals surface area contributed by atoms with Crippen molar-refractivity contribution < 1.29 is 14.6 Å². The summed E-state index contributed by atoms with van der Waals surface area (Å²) in [5, 5.41) is 14.5. The molecule has 0 aromatic heterocycles. The van der Waals surface area contributed by atoms with Crippen LogP contribution < -0.4 is 15.5 Å². The number of carbonyl (C=O) groups is 1. The second-order valence-electron chi connectivity index (χ2n) is 6.82. The van der Waals surface area contributed by atoms with Crippen LogP contribution >= 0.6 is 11.6 Å². The number of fused-ring (bicyclic) bond motifs is 1. The molecule has 1 amide bonds. The van der Waals surface area contributed by atoms with E-state index in [1.54, 1.807) is 35.5 Å². The topological polar surface area (TPSA) is 86.2 Å². The number of hydrogen-bond donors (Lipinski definition) is 3. The number of aliphatic hydroxyl groups is 1. The number of hydrogen-bond acceptors (Lipinski definition) is 6. The Labute approximate surface area is 162 Å². The maximum atomic E-state index is 12.8. The Bertz CT molecular complexity index is 836. The number of nitrogens with one attached hydrogen (secondary N) is 2. The number of rotatable bonds is 5. The van der Waals surface area contributed by atoms with Gasteiger partial charge in [0.1, 0.15) is 5.75 Å². The van der Waals surface area contributed by atoms with E-state index in [2.05, 4.69) is 15.7 Å². The number of carbonyl (C=O) groups excluding carboxylic acids is 1. The Morgan fingerprint density at radius 2 is 2.33 bits per heavy atom. The van der Waals surface area contributed by atoms with Crippen LogP contribution in [0.4, 0.5) is 5.69 Å². The highest BCUT2D eigenvalue weighted by Crippen LogP contribution is 2.34. The van der Waals surface area contributed by atoms with Gasteiger partial charge < -0.3 is 15.2 Å². The lowest BCUT2D eigenvalue weighted by Gasteiger charge is -2.18. The van der Waals surface area contributed by atoms with Crippen molar-refractivity contribution >= 4 is 29.4 Å². The largest absolute Gasteiger partial charge is 0.488 e. The van der Waals surface area contributed by atoms with Crippen LogP contribution in [-0.2, 0) is 4.79 Å². The van der Waals surface area contributed by atoms with Crippen LogP contribution in [0.5, 0.6) is 5.75 Å². The first-order valence-corrected chi connectivity index (χ1v) is 9.37. The van der Waals surface area contributed by atoms with Crippen molar-refractivity contribution in [3.8, 4) is 5.75 Å². The predicted octanol–water partition coefficient (Wildman–Crippen LogP) is 2.45. The van der Waals surface area contributed by atoms with E-state index in [0.29, 0.717) is 34.4 Å². The number of anilines is 1. The molecule has 2 heterocycles.